The molecule has 0 N–H and O–H groups in total. The molecule has 2 nitrogen and oxygen atoms in total. The highest BCUT2D eigenvalue weighted by Crippen LogP contribution is 2.17. The van der Waals surface area contributed by atoms with E-state index in [2.05, 4.69) is 4.74 Å². The molecule has 0 saturated heterocycles. The summed E-state index contributed by atoms with van der Waals surface area (Å²) in [4.78, 5) is 0. The molecule has 0 spiro atoms. The Kier molecular flexibility index (Phi) is 5.24. The first kappa shape index (κ1) is 14.7. The maximum Gasteiger partial charge on any atom is 0.387 e. The molecule has 2 aromatic carbocycles. The van der Waals surface area contributed by atoms with Crippen LogP contribution in [0, 0.1) is 0 Å². The Labute approximate surface area is 118 Å². The molecule has 0 fully saturated rings. The van der Waals surface area contributed by atoms with Crippen molar-refractivity contribution in [3.05, 3.63) is 65.7 Å². The average molecular weight is 296 g/mol. The summed E-state index contributed by atoms with van der Waals surface area (Å²) in [5, 5.41) is 0. The Morgan fingerprint density at radius 3 is 2.30 bits per heavy atom. The maximum absolute atomic E-state index is 12.1. The average Bonchev–Trinajstić information content (AvgIpc) is 2.39. The molecule has 0 radical (unpaired) electrons. The van der Waals surface area contributed by atoms with Gasteiger partial charge < -0.3 is 4.74 Å². The number of halogens is 2. The van der Waals surface area contributed by atoms with Crippen LogP contribution in [-0.2, 0) is 22.3 Å². The van der Waals surface area contributed by atoms with E-state index in [1.54, 1.807) is 12.1 Å². The molecule has 5 heteroatoms. The third-order valence-corrected chi connectivity index (χ3v) is 3.93. The molecule has 1 atom stereocenters. The molecular formula is C15H14F2O2S. The second-order valence-corrected chi connectivity index (χ2v) is 5.70. The lowest BCUT2D eigenvalue weighted by Crippen LogP contribution is -2.03. The van der Waals surface area contributed by atoms with Gasteiger partial charge >= 0.3 is 6.61 Å². The maximum atomic E-state index is 12.1. The second kappa shape index (κ2) is 7.14. The fourth-order valence-electron chi connectivity index (χ4n) is 1.81. The van der Waals surface area contributed by atoms with E-state index in [4.69, 9.17) is 0 Å². The van der Waals surface area contributed by atoms with Crippen molar-refractivity contribution in [1.82, 2.24) is 0 Å². The highest BCUT2D eigenvalue weighted by atomic mass is 32.2. The van der Waals surface area contributed by atoms with Crippen LogP contribution < -0.4 is 4.74 Å². The molecule has 2 rings (SSSR count). The summed E-state index contributed by atoms with van der Waals surface area (Å²) in [6, 6.07) is 15.8. The second-order valence-electron chi connectivity index (χ2n) is 4.24. The molecule has 0 aliphatic carbocycles. The first-order chi connectivity index (χ1) is 9.63. The molecule has 20 heavy (non-hydrogen) atoms. The van der Waals surface area contributed by atoms with Crippen molar-refractivity contribution in [3.63, 3.8) is 0 Å². The van der Waals surface area contributed by atoms with E-state index in [0.29, 0.717) is 11.5 Å². The summed E-state index contributed by atoms with van der Waals surface area (Å²) in [5.74, 6) is 0.852. The van der Waals surface area contributed by atoms with E-state index in [9.17, 15) is 13.0 Å². The number of ether oxygens (including phenoxy) is 1. The SMILES string of the molecule is O=[S@@](Cc1ccccc1)Cc1cccc(OC(F)F)c1. The topological polar surface area (TPSA) is 26.3 Å². The third-order valence-electron chi connectivity index (χ3n) is 2.62. The van der Waals surface area contributed by atoms with Gasteiger partial charge in [0, 0.05) is 22.3 Å². The van der Waals surface area contributed by atoms with Crippen LogP contribution in [0.15, 0.2) is 54.6 Å². The van der Waals surface area contributed by atoms with Gasteiger partial charge in [-0.1, -0.05) is 42.5 Å². The molecule has 0 saturated carbocycles. The van der Waals surface area contributed by atoms with Gasteiger partial charge in [-0.05, 0) is 23.3 Å². The number of benzene rings is 2. The smallest absolute Gasteiger partial charge is 0.387 e. The fourth-order valence-corrected chi connectivity index (χ4v) is 3.03. The highest BCUT2D eigenvalue weighted by Gasteiger charge is 2.07. The number of rotatable bonds is 6. The lowest BCUT2D eigenvalue weighted by Gasteiger charge is -2.07. The van der Waals surface area contributed by atoms with Gasteiger partial charge in [0.1, 0.15) is 5.75 Å². The summed E-state index contributed by atoms with van der Waals surface area (Å²) in [6.45, 7) is -2.85. The Morgan fingerprint density at radius 1 is 0.950 bits per heavy atom. The predicted octanol–water partition coefficient (Wildman–Crippen LogP) is 3.74. The third kappa shape index (κ3) is 4.74. The van der Waals surface area contributed by atoms with Gasteiger partial charge in [-0.25, -0.2) is 0 Å². The first-order valence-electron chi connectivity index (χ1n) is 6.06. The Bertz CT molecular complexity index is 573. The molecule has 0 aliphatic rings. The Balaban J connectivity index is 1.97. The van der Waals surface area contributed by atoms with E-state index in [-0.39, 0.29) is 5.75 Å². The van der Waals surface area contributed by atoms with Crippen LogP contribution in [0.2, 0.25) is 0 Å². The van der Waals surface area contributed by atoms with E-state index < -0.39 is 17.4 Å². The van der Waals surface area contributed by atoms with E-state index in [1.165, 1.54) is 12.1 Å². The zero-order chi connectivity index (χ0) is 14.4. The molecule has 0 aliphatic heterocycles. The summed E-state index contributed by atoms with van der Waals surface area (Å²) >= 11 is 0. The summed E-state index contributed by atoms with van der Waals surface area (Å²) in [5.41, 5.74) is 1.71. The van der Waals surface area contributed by atoms with Crippen molar-refractivity contribution in [2.24, 2.45) is 0 Å². The highest BCUT2D eigenvalue weighted by molar-refractivity contribution is 7.83. The van der Waals surface area contributed by atoms with E-state index >= 15 is 0 Å². The van der Waals surface area contributed by atoms with Crippen LogP contribution in [-0.4, -0.2) is 10.8 Å². The molecule has 0 aromatic heterocycles. The van der Waals surface area contributed by atoms with Crippen molar-refractivity contribution >= 4 is 10.8 Å². The molecule has 0 unspecified atom stereocenters. The number of hydrogen-bond acceptors (Lipinski definition) is 2. The zero-order valence-corrected chi connectivity index (χ0v) is 11.5. The molecule has 2 aromatic rings. The van der Waals surface area contributed by atoms with Crippen LogP contribution in [0.3, 0.4) is 0 Å². The minimum absolute atomic E-state index is 0.0919. The van der Waals surface area contributed by atoms with Crippen molar-refractivity contribution < 1.29 is 17.7 Å². The van der Waals surface area contributed by atoms with Crippen LogP contribution in [0.25, 0.3) is 0 Å². The van der Waals surface area contributed by atoms with Crippen molar-refractivity contribution in [1.29, 1.82) is 0 Å². The first-order valence-corrected chi connectivity index (χ1v) is 7.55. The van der Waals surface area contributed by atoms with Crippen molar-refractivity contribution in [2.45, 2.75) is 18.1 Å². The van der Waals surface area contributed by atoms with Crippen LogP contribution in [0.1, 0.15) is 11.1 Å². The summed E-state index contributed by atoms with van der Waals surface area (Å²) < 4.78 is 40.6. The van der Waals surface area contributed by atoms with Crippen molar-refractivity contribution in [2.75, 3.05) is 0 Å². The summed E-state index contributed by atoms with van der Waals surface area (Å²) in [6.07, 6.45) is 0. The minimum atomic E-state index is -2.85. The van der Waals surface area contributed by atoms with E-state index in [0.717, 1.165) is 11.1 Å². The Hall–Kier alpha value is -1.75. The number of alkyl halides is 2. The lowest BCUT2D eigenvalue weighted by atomic mass is 10.2. The fraction of sp³-hybridized carbons (Fsp3) is 0.200. The molecule has 106 valence electrons. The Morgan fingerprint density at radius 2 is 1.60 bits per heavy atom. The predicted molar refractivity (Wildman–Crippen MR) is 75.1 cm³/mol. The van der Waals surface area contributed by atoms with Gasteiger partial charge in [-0.15, -0.1) is 0 Å². The van der Waals surface area contributed by atoms with Crippen LogP contribution in [0.4, 0.5) is 8.78 Å². The van der Waals surface area contributed by atoms with E-state index in [1.807, 2.05) is 30.3 Å². The van der Waals surface area contributed by atoms with Gasteiger partial charge in [-0.2, -0.15) is 8.78 Å². The van der Waals surface area contributed by atoms with Gasteiger partial charge in [0.05, 0.1) is 0 Å². The monoisotopic (exact) mass is 296 g/mol. The molecule has 0 heterocycles. The number of hydrogen-bond donors (Lipinski definition) is 0. The molecule has 0 bridgehead atoms. The zero-order valence-electron chi connectivity index (χ0n) is 10.7. The minimum Gasteiger partial charge on any atom is -0.435 e. The molecular weight excluding hydrogens is 282 g/mol. The largest absolute Gasteiger partial charge is 0.435 e. The summed E-state index contributed by atoms with van der Waals surface area (Å²) in [7, 11) is -1.09. The van der Waals surface area contributed by atoms with Crippen LogP contribution >= 0.6 is 0 Å². The van der Waals surface area contributed by atoms with Gasteiger partial charge in [0.25, 0.3) is 0 Å². The molecule has 0 amide bonds. The normalized spacial score (nSPS) is 12.3. The standard InChI is InChI=1S/C15H14F2O2S/c16-15(17)19-14-8-4-7-13(9-14)11-20(18)10-12-5-2-1-3-6-12/h1-9,15H,10-11H2/t20-/m0/s1. The van der Waals surface area contributed by atoms with Crippen molar-refractivity contribution in [3.8, 4) is 5.75 Å². The van der Waals surface area contributed by atoms with Crippen LogP contribution in [0.5, 0.6) is 5.75 Å². The van der Waals surface area contributed by atoms with Gasteiger partial charge in [-0.3, -0.25) is 4.21 Å². The van der Waals surface area contributed by atoms with Gasteiger partial charge in [0.2, 0.25) is 0 Å². The quantitative estimate of drug-likeness (QED) is 0.812. The van der Waals surface area contributed by atoms with Gasteiger partial charge in [0.15, 0.2) is 0 Å². The lowest BCUT2D eigenvalue weighted by molar-refractivity contribution is -0.0498.